The number of halogens is 2. The van der Waals surface area contributed by atoms with Crippen LogP contribution in [0.15, 0.2) is 59.9 Å². The van der Waals surface area contributed by atoms with Crippen LogP contribution in [-0.2, 0) is 11.2 Å². The lowest BCUT2D eigenvalue weighted by atomic mass is 10.0. The number of nitrogens with zero attached hydrogens (tertiary/aromatic N) is 5. The van der Waals surface area contributed by atoms with Crippen molar-refractivity contribution in [2.75, 3.05) is 24.5 Å². The molecule has 0 radical (unpaired) electrons. The molecule has 10 heteroatoms. The van der Waals surface area contributed by atoms with Gasteiger partial charge in [-0.25, -0.2) is 18.7 Å². The number of aryl methyl sites for hydroxylation is 2. The van der Waals surface area contributed by atoms with Crippen molar-refractivity contribution in [1.29, 1.82) is 0 Å². The van der Waals surface area contributed by atoms with E-state index in [2.05, 4.69) is 23.5 Å². The molecule has 8 nitrogen and oxygen atoms in total. The second kappa shape index (κ2) is 11.3. The highest BCUT2D eigenvalue weighted by Gasteiger charge is 2.30. The van der Waals surface area contributed by atoms with Crippen LogP contribution in [0.4, 0.5) is 10.2 Å². The van der Waals surface area contributed by atoms with Crippen molar-refractivity contribution in [2.45, 2.75) is 39.7 Å². The van der Waals surface area contributed by atoms with Gasteiger partial charge < -0.3 is 14.9 Å². The second-order valence-electron chi connectivity index (χ2n) is 10.2. The third-order valence-electron chi connectivity index (χ3n) is 7.48. The Labute approximate surface area is 242 Å². The van der Waals surface area contributed by atoms with Gasteiger partial charge in [0.1, 0.15) is 17.3 Å². The quantitative estimate of drug-likeness (QED) is 0.308. The summed E-state index contributed by atoms with van der Waals surface area (Å²) in [5.41, 5.74) is 1.91. The molecule has 0 aliphatic carbocycles. The molecule has 2 aromatic carbocycles. The average Bonchev–Trinajstić information content (AvgIpc) is 2.94. The number of carbonyl (C=O) groups excluding carboxylic acids is 1. The molecule has 0 saturated carbocycles. The van der Waals surface area contributed by atoms with E-state index in [1.807, 2.05) is 36.9 Å². The molecule has 1 saturated heterocycles. The molecule has 1 atom stereocenters. The lowest BCUT2D eigenvalue weighted by Crippen LogP contribution is -2.54. The summed E-state index contributed by atoms with van der Waals surface area (Å²) in [4.78, 5) is 38.9. The highest BCUT2D eigenvalue weighted by Crippen LogP contribution is 2.38. The molecule has 0 spiro atoms. The Morgan fingerprint density at radius 2 is 1.98 bits per heavy atom. The number of hydrogen-bond donors (Lipinski definition) is 1. The Morgan fingerprint density at radius 1 is 1.22 bits per heavy atom. The van der Waals surface area contributed by atoms with Gasteiger partial charge in [-0.2, -0.15) is 4.98 Å². The second-order valence-corrected chi connectivity index (χ2v) is 10.6. The number of fused-ring (bicyclic) bond motifs is 1. The van der Waals surface area contributed by atoms with Crippen LogP contribution < -0.4 is 10.6 Å². The van der Waals surface area contributed by atoms with E-state index >= 15 is 4.39 Å². The van der Waals surface area contributed by atoms with Gasteiger partial charge in [0.2, 0.25) is 5.91 Å². The molecular weight excluding hydrogens is 545 g/mol. The molecular formula is C31H31ClFN5O3. The Kier molecular flexibility index (Phi) is 7.82. The first-order chi connectivity index (χ1) is 19.7. The Balaban J connectivity index is 1.82. The monoisotopic (exact) mass is 575 g/mol. The van der Waals surface area contributed by atoms with E-state index in [1.165, 1.54) is 22.8 Å². The number of pyridine rings is 1. The summed E-state index contributed by atoms with van der Waals surface area (Å²) in [5, 5.41) is 11.1. The molecule has 1 fully saturated rings. The van der Waals surface area contributed by atoms with E-state index in [0.717, 1.165) is 17.5 Å². The number of aromatic nitrogens is 3. The minimum Gasteiger partial charge on any atom is -0.507 e. The number of aromatic hydroxyl groups is 1. The fourth-order valence-corrected chi connectivity index (χ4v) is 5.82. The van der Waals surface area contributed by atoms with Crippen LogP contribution in [0.1, 0.15) is 31.4 Å². The maximum absolute atomic E-state index is 15.9. The van der Waals surface area contributed by atoms with Gasteiger partial charge in [0.05, 0.1) is 21.7 Å². The Bertz CT molecular complexity index is 1720. The predicted octanol–water partition coefficient (Wildman–Crippen LogP) is 5.43. The molecule has 41 heavy (non-hydrogen) atoms. The van der Waals surface area contributed by atoms with Crippen molar-refractivity contribution in [2.24, 2.45) is 0 Å². The van der Waals surface area contributed by atoms with Gasteiger partial charge in [0, 0.05) is 25.7 Å². The van der Waals surface area contributed by atoms with Gasteiger partial charge in [-0.05, 0) is 55.7 Å². The summed E-state index contributed by atoms with van der Waals surface area (Å²) < 4.78 is 17.3. The van der Waals surface area contributed by atoms with Crippen molar-refractivity contribution in [3.8, 4) is 22.7 Å². The number of phenolic OH excluding ortho intramolecular Hbond substituents is 1. The molecule has 5 rings (SSSR count). The number of piperazine rings is 1. The van der Waals surface area contributed by atoms with Crippen molar-refractivity contribution in [3.63, 3.8) is 0 Å². The van der Waals surface area contributed by atoms with E-state index in [1.54, 1.807) is 17.0 Å². The number of para-hydroxylation sites is 1. The van der Waals surface area contributed by atoms with Crippen LogP contribution in [0.2, 0.25) is 5.02 Å². The minimum atomic E-state index is -0.721. The number of carbonyl (C=O) groups is 1. The predicted molar refractivity (Wildman–Crippen MR) is 160 cm³/mol. The summed E-state index contributed by atoms with van der Waals surface area (Å²) >= 11 is 6.40. The van der Waals surface area contributed by atoms with Gasteiger partial charge in [-0.1, -0.05) is 55.8 Å². The number of hydrogen-bond acceptors (Lipinski definition) is 6. The van der Waals surface area contributed by atoms with Crippen LogP contribution in [0, 0.1) is 12.7 Å². The summed E-state index contributed by atoms with van der Waals surface area (Å²) in [5.74, 6) is -0.845. The molecule has 1 N–H and O–H groups in total. The van der Waals surface area contributed by atoms with E-state index in [9.17, 15) is 14.7 Å². The third-order valence-corrected chi connectivity index (χ3v) is 7.79. The molecule has 1 aliphatic rings. The van der Waals surface area contributed by atoms with E-state index in [4.69, 9.17) is 11.6 Å². The Morgan fingerprint density at radius 3 is 2.66 bits per heavy atom. The van der Waals surface area contributed by atoms with Crippen LogP contribution in [0.3, 0.4) is 0 Å². The topological polar surface area (TPSA) is 91.6 Å². The van der Waals surface area contributed by atoms with Crippen molar-refractivity contribution in [3.05, 3.63) is 87.6 Å². The SMILES string of the molecule is C=CC(=O)N1CCN(c2nc(=O)n(-c3c(C)cccc3CCC)c3nc(-c4c(O)cccc4Cl)c(F)cc23)[C@@H](C)C1. The van der Waals surface area contributed by atoms with Gasteiger partial charge >= 0.3 is 5.69 Å². The van der Waals surface area contributed by atoms with Gasteiger partial charge in [-0.3, -0.25) is 4.79 Å². The molecule has 2 aromatic heterocycles. The summed E-state index contributed by atoms with van der Waals surface area (Å²) in [6.07, 6.45) is 2.83. The van der Waals surface area contributed by atoms with Crippen molar-refractivity contribution < 1.29 is 14.3 Å². The van der Waals surface area contributed by atoms with Crippen molar-refractivity contribution in [1.82, 2.24) is 19.4 Å². The molecule has 0 bridgehead atoms. The number of anilines is 1. The van der Waals surface area contributed by atoms with Crippen LogP contribution in [0.25, 0.3) is 28.0 Å². The highest BCUT2D eigenvalue weighted by molar-refractivity contribution is 6.33. The lowest BCUT2D eigenvalue weighted by Gasteiger charge is -2.40. The van der Waals surface area contributed by atoms with Crippen LogP contribution >= 0.6 is 11.6 Å². The normalized spacial score (nSPS) is 15.4. The summed E-state index contributed by atoms with van der Waals surface area (Å²) in [6, 6.07) is 11.4. The van der Waals surface area contributed by atoms with E-state index in [-0.39, 0.29) is 45.4 Å². The van der Waals surface area contributed by atoms with Crippen LogP contribution in [-0.4, -0.2) is 56.1 Å². The maximum atomic E-state index is 15.9. The van der Waals surface area contributed by atoms with Gasteiger partial charge in [0.15, 0.2) is 11.5 Å². The number of amides is 1. The van der Waals surface area contributed by atoms with Crippen LogP contribution in [0.5, 0.6) is 5.75 Å². The van der Waals surface area contributed by atoms with Gasteiger partial charge in [-0.15, -0.1) is 0 Å². The first-order valence-electron chi connectivity index (χ1n) is 13.5. The molecule has 4 aromatic rings. The maximum Gasteiger partial charge on any atom is 0.355 e. The van der Waals surface area contributed by atoms with Crippen molar-refractivity contribution >= 4 is 34.4 Å². The Hall–Kier alpha value is -4.24. The van der Waals surface area contributed by atoms with E-state index < -0.39 is 11.5 Å². The first-order valence-corrected chi connectivity index (χ1v) is 13.9. The zero-order valence-corrected chi connectivity index (χ0v) is 24.0. The third kappa shape index (κ3) is 5.06. The zero-order chi connectivity index (χ0) is 29.4. The minimum absolute atomic E-state index is 0.0365. The summed E-state index contributed by atoms with van der Waals surface area (Å²) in [6.45, 7) is 10.6. The number of benzene rings is 2. The van der Waals surface area contributed by atoms with E-state index in [0.29, 0.717) is 37.1 Å². The molecule has 212 valence electrons. The highest BCUT2D eigenvalue weighted by atomic mass is 35.5. The first kappa shape index (κ1) is 28.3. The molecule has 3 heterocycles. The standard InChI is InChI=1S/C31H31ClFN5O3/c1-5-9-20-11-7-10-18(3)28(20)38-30-21(16-23(33)27(34-30)26-22(32)12-8-13-24(26)39)29(35-31(38)41)37-15-14-36(17-19(37)4)25(40)6-2/h6-8,10-13,16,19,39H,2,5,9,14-15,17H2,1,3-4H3/t19-/m0/s1. The van der Waals surface area contributed by atoms with Gasteiger partial charge in [0.25, 0.3) is 0 Å². The molecule has 0 unspecified atom stereocenters. The number of rotatable bonds is 6. The fraction of sp³-hybridized carbons (Fsp3) is 0.290. The smallest absolute Gasteiger partial charge is 0.355 e. The molecule has 1 amide bonds. The zero-order valence-electron chi connectivity index (χ0n) is 23.2. The fourth-order valence-electron chi connectivity index (χ4n) is 5.56. The summed E-state index contributed by atoms with van der Waals surface area (Å²) in [7, 11) is 0. The number of phenols is 1. The molecule has 1 aliphatic heterocycles. The average molecular weight is 576 g/mol. The largest absolute Gasteiger partial charge is 0.507 e. The lowest BCUT2D eigenvalue weighted by molar-refractivity contribution is -0.126.